The molecule has 0 aliphatic heterocycles. The van der Waals surface area contributed by atoms with E-state index in [4.69, 9.17) is 15.2 Å². The van der Waals surface area contributed by atoms with Gasteiger partial charge in [-0.3, -0.25) is 4.79 Å². The Balaban J connectivity index is 2.41. The first-order valence-electron chi connectivity index (χ1n) is 6.44. The number of nitrogens with one attached hydrogen (secondary N) is 1. The highest BCUT2D eigenvalue weighted by Gasteiger charge is 2.07. The van der Waals surface area contributed by atoms with Crippen LogP contribution in [-0.4, -0.2) is 31.8 Å². The van der Waals surface area contributed by atoms with E-state index in [2.05, 4.69) is 5.32 Å². The van der Waals surface area contributed by atoms with Crippen LogP contribution in [0, 0.1) is 0 Å². The van der Waals surface area contributed by atoms with E-state index in [-0.39, 0.29) is 5.91 Å². The Morgan fingerprint density at radius 1 is 1.37 bits per heavy atom. The Morgan fingerprint density at radius 2 is 2.11 bits per heavy atom. The topological polar surface area (TPSA) is 73.6 Å². The quantitative estimate of drug-likeness (QED) is 0.700. The second-order valence-corrected chi connectivity index (χ2v) is 4.23. The number of ether oxygens (including phenoxy) is 2. The molecule has 106 valence electrons. The van der Waals surface area contributed by atoms with Gasteiger partial charge in [0.05, 0.1) is 25.9 Å². The molecule has 0 aromatic heterocycles. The fourth-order valence-electron chi connectivity index (χ4n) is 1.45. The minimum Gasteiger partial charge on any atom is -0.379 e. The van der Waals surface area contributed by atoms with E-state index < -0.39 is 6.04 Å². The van der Waals surface area contributed by atoms with Crippen molar-refractivity contribution in [2.24, 2.45) is 5.73 Å². The van der Waals surface area contributed by atoms with Crippen LogP contribution in [0.1, 0.15) is 19.4 Å². The zero-order chi connectivity index (χ0) is 14.1. The highest BCUT2D eigenvalue weighted by molar-refractivity contribution is 5.94. The highest BCUT2D eigenvalue weighted by Crippen LogP contribution is 2.11. The monoisotopic (exact) mass is 266 g/mol. The van der Waals surface area contributed by atoms with E-state index in [0.717, 1.165) is 11.3 Å². The van der Waals surface area contributed by atoms with Crippen LogP contribution in [0.2, 0.25) is 0 Å². The number of nitrogens with two attached hydrogens (primary N) is 1. The van der Waals surface area contributed by atoms with Gasteiger partial charge in [0.25, 0.3) is 0 Å². The largest absolute Gasteiger partial charge is 0.379 e. The molecule has 1 atom stereocenters. The summed E-state index contributed by atoms with van der Waals surface area (Å²) in [6, 6.07) is 7.00. The maximum Gasteiger partial charge on any atom is 0.240 e. The van der Waals surface area contributed by atoms with E-state index in [9.17, 15) is 4.79 Å². The molecule has 0 fully saturated rings. The van der Waals surface area contributed by atoms with Gasteiger partial charge in [0, 0.05) is 12.3 Å². The number of amides is 1. The predicted octanol–water partition coefficient (Wildman–Crippen LogP) is 1.53. The molecule has 1 rings (SSSR count). The van der Waals surface area contributed by atoms with Crippen molar-refractivity contribution < 1.29 is 14.3 Å². The molecule has 0 saturated carbocycles. The molecule has 1 aromatic carbocycles. The lowest BCUT2D eigenvalue weighted by molar-refractivity contribution is -0.117. The first-order valence-corrected chi connectivity index (χ1v) is 6.44. The van der Waals surface area contributed by atoms with Crippen LogP contribution in [-0.2, 0) is 20.9 Å². The molecule has 0 unspecified atom stereocenters. The molecule has 0 heterocycles. The van der Waals surface area contributed by atoms with E-state index in [1.165, 1.54) is 0 Å². The lowest BCUT2D eigenvalue weighted by Gasteiger charge is -2.09. The van der Waals surface area contributed by atoms with Crippen LogP contribution in [0.15, 0.2) is 24.3 Å². The van der Waals surface area contributed by atoms with Crippen LogP contribution in [0.3, 0.4) is 0 Å². The highest BCUT2D eigenvalue weighted by atomic mass is 16.5. The van der Waals surface area contributed by atoms with Crippen molar-refractivity contribution in [3.63, 3.8) is 0 Å². The summed E-state index contributed by atoms with van der Waals surface area (Å²) < 4.78 is 10.6. The van der Waals surface area contributed by atoms with Gasteiger partial charge >= 0.3 is 0 Å². The minimum absolute atomic E-state index is 0.200. The van der Waals surface area contributed by atoms with Gasteiger partial charge in [-0.15, -0.1) is 0 Å². The summed E-state index contributed by atoms with van der Waals surface area (Å²) in [6.07, 6.45) is 0. The lowest BCUT2D eigenvalue weighted by Crippen LogP contribution is -2.32. The molecular formula is C14H22N2O3. The normalized spacial score (nSPS) is 12.2. The van der Waals surface area contributed by atoms with Crippen LogP contribution in [0.4, 0.5) is 5.69 Å². The molecule has 0 aliphatic rings. The van der Waals surface area contributed by atoms with Gasteiger partial charge in [-0.05, 0) is 31.5 Å². The van der Waals surface area contributed by atoms with E-state index in [0.29, 0.717) is 26.4 Å². The number of benzene rings is 1. The van der Waals surface area contributed by atoms with Crippen LogP contribution in [0.25, 0.3) is 0 Å². The Morgan fingerprint density at radius 3 is 2.79 bits per heavy atom. The Labute approximate surface area is 114 Å². The summed E-state index contributed by atoms with van der Waals surface area (Å²) in [6.45, 7) is 5.94. The van der Waals surface area contributed by atoms with Gasteiger partial charge < -0.3 is 20.5 Å². The van der Waals surface area contributed by atoms with Crippen molar-refractivity contribution in [1.29, 1.82) is 0 Å². The average molecular weight is 266 g/mol. The van der Waals surface area contributed by atoms with Crippen LogP contribution < -0.4 is 11.1 Å². The summed E-state index contributed by atoms with van der Waals surface area (Å²) >= 11 is 0. The third kappa shape index (κ3) is 6.33. The molecule has 5 heteroatoms. The molecule has 1 amide bonds. The summed E-state index contributed by atoms with van der Waals surface area (Å²) in [5.74, 6) is -0.200. The molecule has 0 aliphatic carbocycles. The van der Waals surface area contributed by atoms with Crippen molar-refractivity contribution in [3.05, 3.63) is 29.8 Å². The summed E-state index contributed by atoms with van der Waals surface area (Å²) in [4.78, 5) is 11.5. The summed E-state index contributed by atoms with van der Waals surface area (Å²) in [7, 11) is 0. The zero-order valence-corrected chi connectivity index (χ0v) is 11.5. The van der Waals surface area contributed by atoms with Gasteiger partial charge in [0.2, 0.25) is 5.91 Å². The van der Waals surface area contributed by atoms with Gasteiger partial charge in [-0.25, -0.2) is 0 Å². The first-order chi connectivity index (χ1) is 9.13. The average Bonchev–Trinajstić information content (AvgIpc) is 2.39. The minimum atomic E-state index is -0.522. The molecule has 1 aromatic rings. The molecule has 3 N–H and O–H groups in total. The van der Waals surface area contributed by atoms with Crippen LogP contribution >= 0.6 is 0 Å². The smallest absolute Gasteiger partial charge is 0.240 e. The van der Waals surface area contributed by atoms with Crippen molar-refractivity contribution in [2.75, 3.05) is 25.1 Å². The second-order valence-electron chi connectivity index (χ2n) is 4.23. The molecule has 5 nitrogen and oxygen atoms in total. The van der Waals surface area contributed by atoms with Gasteiger partial charge in [-0.2, -0.15) is 0 Å². The second kappa shape index (κ2) is 8.63. The molecular weight excluding hydrogens is 244 g/mol. The number of hydrogen-bond donors (Lipinski definition) is 2. The van der Waals surface area contributed by atoms with Gasteiger partial charge in [-0.1, -0.05) is 12.1 Å². The molecule has 0 saturated heterocycles. The lowest BCUT2D eigenvalue weighted by atomic mass is 10.2. The summed E-state index contributed by atoms with van der Waals surface area (Å²) in [5, 5.41) is 2.75. The number of anilines is 1. The van der Waals surface area contributed by atoms with Crippen LogP contribution in [0.5, 0.6) is 0 Å². The Hall–Kier alpha value is -1.43. The standard InChI is InChI=1S/C14H22N2O3/c1-3-18-7-8-19-10-12-5-4-6-13(9-12)16-14(17)11(2)15/h4-6,9,11H,3,7-8,10,15H2,1-2H3,(H,16,17)/t11-/m0/s1. The van der Waals surface area contributed by atoms with Crippen molar-refractivity contribution >= 4 is 11.6 Å². The Kier molecular flexibility index (Phi) is 7.10. The van der Waals surface area contributed by atoms with Gasteiger partial charge in [0.1, 0.15) is 0 Å². The number of rotatable bonds is 8. The SMILES string of the molecule is CCOCCOCc1cccc(NC(=O)[C@H](C)N)c1. The molecule has 0 spiro atoms. The number of carbonyl (C=O) groups is 1. The molecule has 19 heavy (non-hydrogen) atoms. The van der Waals surface area contributed by atoms with Crippen molar-refractivity contribution in [2.45, 2.75) is 26.5 Å². The van der Waals surface area contributed by atoms with E-state index >= 15 is 0 Å². The van der Waals surface area contributed by atoms with E-state index in [1.54, 1.807) is 6.92 Å². The maximum atomic E-state index is 11.5. The fraction of sp³-hybridized carbons (Fsp3) is 0.500. The number of hydrogen-bond acceptors (Lipinski definition) is 4. The predicted molar refractivity (Wildman–Crippen MR) is 74.9 cm³/mol. The first kappa shape index (κ1) is 15.6. The third-order valence-electron chi connectivity index (χ3n) is 2.45. The molecule has 0 bridgehead atoms. The van der Waals surface area contributed by atoms with Crippen molar-refractivity contribution in [1.82, 2.24) is 0 Å². The van der Waals surface area contributed by atoms with Crippen molar-refractivity contribution in [3.8, 4) is 0 Å². The fourth-order valence-corrected chi connectivity index (χ4v) is 1.45. The number of carbonyl (C=O) groups excluding carboxylic acids is 1. The Bertz CT molecular complexity index is 394. The van der Waals surface area contributed by atoms with Gasteiger partial charge in [0.15, 0.2) is 0 Å². The van der Waals surface area contributed by atoms with E-state index in [1.807, 2.05) is 31.2 Å². The molecule has 0 radical (unpaired) electrons. The maximum absolute atomic E-state index is 11.5. The summed E-state index contributed by atoms with van der Waals surface area (Å²) in [5.41, 5.74) is 7.23. The third-order valence-corrected chi connectivity index (χ3v) is 2.45. The zero-order valence-electron chi connectivity index (χ0n) is 11.5.